The molecule has 4 nitrogen and oxygen atoms in total. The minimum Gasteiger partial charge on any atom is -0.545 e. The maximum Gasteiger partial charge on any atom is 0.244 e. The molecule has 0 unspecified atom stereocenters. The van der Waals surface area contributed by atoms with Crippen molar-refractivity contribution in [3.05, 3.63) is 12.2 Å². The van der Waals surface area contributed by atoms with E-state index < -0.39 is 5.97 Å². The average Bonchev–Trinajstić information content (AvgIpc) is 2.14. The van der Waals surface area contributed by atoms with Gasteiger partial charge in [-0.15, -0.1) is 0 Å². The number of hydrogen-bond acceptors (Lipinski definition) is 3. The Morgan fingerprint density at radius 2 is 1.93 bits per heavy atom. The SMILES string of the molecule is CCCCCCNC(=O)C=CC(=O)[O-]. The Kier molecular flexibility index (Phi) is 7.50. The molecule has 0 aromatic rings. The molecule has 0 spiro atoms. The maximum absolute atomic E-state index is 10.9. The predicted octanol–water partition coefficient (Wildman–Crippen LogP) is -0.0110. The zero-order valence-corrected chi connectivity index (χ0v) is 8.41. The summed E-state index contributed by atoms with van der Waals surface area (Å²) in [5.41, 5.74) is 0. The van der Waals surface area contributed by atoms with E-state index in [1.807, 2.05) is 0 Å². The van der Waals surface area contributed by atoms with Crippen molar-refractivity contribution >= 4 is 11.9 Å². The van der Waals surface area contributed by atoms with Crippen molar-refractivity contribution in [3.63, 3.8) is 0 Å². The molecule has 0 heterocycles. The Morgan fingerprint density at radius 1 is 1.21 bits per heavy atom. The standard InChI is InChI=1S/C10H17NO3/c1-2-3-4-5-8-11-9(12)6-7-10(13)14/h6-7H,2-5,8H2,1H3,(H,11,12)(H,13,14)/p-1. The summed E-state index contributed by atoms with van der Waals surface area (Å²) in [6, 6.07) is 0. The molecule has 0 aromatic heterocycles. The van der Waals surface area contributed by atoms with Gasteiger partial charge in [-0.25, -0.2) is 0 Å². The topological polar surface area (TPSA) is 69.2 Å². The van der Waals surface area contributed by atoms with Crippen LogP contribution in [0.15, 0.2) is 12.2 Å². The largest absolute Gasteiger partial charge is 0.545 e. The summed E-state index contributed by atoms with van der Waals surface area (Å²) >= 11 is 0. The first-order valence-electron chi connectivity index (χ1n) is 4.83. The summed E-state index contributed by atoms with van der Waals surface area (Å²) in [5, 5.41) is 12.5. The van der Waals surface area contributed by atoms with Crippen molar-refractivity contribution < 1.29 is 14.7 Å². The van der Waals surface area contributed by atoms with Crippen LogP contribution in [0, 0.1) is 0 Å². The van der Waals surface area contributed by atoms with Crippen molar-refractivity contribution in [1.82, 2.24) is 5.32 Å². The minimum atomic E-state index is -1.36. The summed E-state index contributed by atoms with van der Waals surface area (Å²) in [4.78, 5) is 20.8. The van der Waals surface area contributed by atoms with Crippen LogP contribution in [0.1, 0.15) is 32.6 Å². The van der Waals surface area contributed by atoms with Crippen LogP contribution >= 0.6 is 0 Å². The molecular formula is C10H16NO3-. The van der Waals surface area contributed by atoms with Crippen LogP contribution < -0.4 is 10.4 Å². The third kappa shape index (κ3) is 8.77. The monoisotopic (exact) mass is 198 g/mol. The van der Waals surface area contributed by atoms with Crippen molar-refractivity contribution in [3.8, 4) is 0 Å². The zero-order chi connectivity index (χ0) is 10.8. The van der Waals surface area contributed by atoms with Crippen LogP contribution in [-0.2, 0) is 9.59 Å². The number of carbonyl (C=O) groups excluding carboxylic acids is 2. The second kappa shape index (κ2) is 8.29. The molecule has 0 rings (SSSR count). The van der Waals surface area contributed by atoms with E-state index in [4.69, 9.17) is 0 Å². The second-order valence-corrected chi connectivity index (χ2v) is 3.00. The van der Waals surface area contributed by atoms with Gasteiger partial charge in [0.15, 0.2) is 0 Å². The first-order valence-corrected chi connectivity index (χ1v) is 4.83. The van der Waals surface area contributed by atoms with Crippen molar-refractivity contribution in [2.45, 2.75) is 32.6 Å². The molecule has 0 aliphatic rings. The van der Waals surface area contributed by atoms with Crippen LogP contribution in [0.5, 0.6) is 0 Å². The zero-order valence-electron chi connectivity index (χ0n) is 8.41. The highest BCUT2D eigenvalue weighted by Crippen LogP contribution is 1.96. The Hall–Kier alpha value is -1.32. The third-order valence-electron chi connectivity index (χ3n) is 1.70. The first kappa shape index (κ1) is 12.7. The van der Waals surface area contributed by atoms with E-state index >= 15 is 0 Å². The second-order valence-electron chi connectivity index (χ2n) is 3.00. The van der Waals surface area contributed by atoms with Gasteiger partial charge in [-0.1, -0.05) is 26.2 Å². The van der Waals surface area contributed by atoms with Gasteiger partial charge in [0.05, 0.1) is 5.97 Å². The molecule has 80 valence electrons. The molecule has 0 atom stereocenters. The molecule has 0 fully saturated rings. The van der Waals surface area contributed by atoms with Crippen LogP contribution in [-0.4, -0.2) is 18.4 Å². The van der Waals surface area contributed by atoms with Crippen LogP contribution in [0.2, 0.25) is 0 Å². The van der Waals surface area contributed by atoms with Crippen LogP contribution in [0.3, 0.4) is 0 Å². The van der Waals surface area contributed by atoms with Gasteiger partial charge in [-0.2, -0.15) is 0 Å². The molecule has 1 amide bonds. The summed E-state index contributed by atoms with van der Waals surface area (Å²) < 4.78 is 0. The lowest BCUT2D eigenvalue weighted by Crippen LogP contribution is -2.24. The fourth-order valence-corrected chi connectivity index (χ4v) is 0.966. The molecule has 0 aliphatic carbocycles. The number of amides is 1. The molecule has 4 heteroatoms. The Morgan fingerprint density at radius 3 is 2.50 bits per heavy atom. The van der Waals surface area contributed by atoms with Crippen molar-refractivity contribution in [1.29, 1.82) is 0 Å². The molecule has 1 N–H and O–H groups in total. The Labute approximate surface area is 84.0 Å². The predicted molar refractivity (Wildman–Crippen MR) is 51.3 cm³/mol. The highest BCUT2D eigenvalue weighted by Gasteiger charge is 1.93. The van der Waals surface area contributed by atoms with Crippen molar-refractivity contribution in [2.75, 3.05) is 6.54 Å². The average molecular weight is 198 g/mol. The highest BCUT2D eigenvalue weighted by molar-refractivity contribution is 5.93. The molecular weight excluding hydrogens is 182 g/mol. The number of rotatable bonds is 7. The number of hydrogen-bond donors (Lipinski definition) is 1. The number of unbranched alkanes of at least 4 members (excludes halogenated alkanes) is 3. The Bertz CT molecular complexity index is 211. The van der Waals surface area contributed by atoms with Gasteiger partial charge in [-0.05, 0) is 12.5 Å². The molecule has 0 saturated heterocycles. The van der Waals surface area contributed by atoms with Crippen LogP contribution in [0.25, 0.3) is 0 Å². The summed E-state index contributed by atoms with van der Waals surface area (Å²) in [6.07, 6.45) is 6.01. The highest BCUT2D eigenvalue weighted by atomic mass is 16.4. The van der Waals surface area contributed by atoms with E-state index in [1.54, 1.807) is 0 Å². The van der Waals surface area contributed by atoms with Gasteiger partial charge in [-0.3, -0.25) is 4.79 Å². The van der Waals surface area contributed by atoms with E-state index in [2.05, 4.69) is 12.2 Å². The molecule has 0 bridgehead atoms. The van der Waals surface area contributed by atoms with Gasteiger partial charge in [0.1, 0.15) is 0 Å². The van der Waals surface area contributed by atoms with E-state index in [0.29, 0.717) is 6.54 Å². The number of carbonyl (C=O) groups is 2. The van der Waals surface area contributed by atoms with E-state index in [1.165, 1.54) is 0 Å². The number of carboxylic acids is 1. The maximum atomic E-state index is 10.9. The first-order chi connectivity index (χ1) is 6.66. The summed E-state index contributed by atoms with van der Waals surface area (Å²) in [5.74, 6) is -1.74. The molecule has 0 aliphatic heterocycles. The summed E-state index contributed by atoms with van der Waals surface area (Å²) in [7, 11) is 0. The van der Waals surface area contributed by atoms with E-state index in [0.717, 1.165) is 37.8 Å². The van der Waals surface area contributed by atoms with Crippen LogP contribution in [0.4, 0.5) is 0 Å². The van der Waals surface area contributed by atoms with Gasteiger partial charge < -0.3 is 15.2 Å². The fourth-order valence-electron chi connectivity index (χ4n) is 0.966. The molecule has 0 saturated carbocycles. The Balaban J connectivity index is 3.40. The summed E-state index contributed by atoms with van der Waals surface area (Å²) in [6.45, 7) is 2.71. The lowest BCUT2D eigenvalue weighted by atomic mass is 10.2. The van der Waals surface area contributed by atoms with E-state index in [9.17, 15) is 14.7 Å². The molecule has 0 aromatic carbocycles. The van der Waals surface area contributed by atoms with Crippen molar-refractivity contribution in [2.24, 2.45) is 0 Å². The lowest BCUT2D eigenvalue weighted by Gasteiger charge is -2.01. The number of aliphatic carboxylic acids is 1. The quantitative estimate of drug-likeness (QED) is 0.462. The molecule has 0 radical (unpaired) electrons. The number of nitrogens with one attached hydrogen (secondary N) is 1. The molecule has 14 heavy (non-hydrogen) atoms. The fraction of sp³-hybridized carbons (Fsp3) is 0.600. The van der Waals surface area contributed by atoms with Gasteiger partial charge >= 0.3 is 0 Å². The van der Waals surface area contributed by atoms with E-state index in [-0.39, 0.29) is 5.91 Å². The third-order valence-corrected chi connectivity index (χ3v) is 1.70. The smallest absolute Gasteiger partial charge is 0.244 e. The minimum absolute atomic E-state index is 0.384. The lowest BCUT2D eigenvalue weighted by molar-refractivity contribution is -0.297. The normalized spacial score (nSPS) is 10.4. The van der Waals surface area contributed by atoms with Gasteiger partial charge in [0.2, 0.25) is 5.91 Å². The van der Waals surface area contributed by atoms with Gasteiger partial charge in [0.25, 0.3) is 0 Å². The van der Waals surface area contributed by atoms with Gasteiger partial charge in [0, 0.05) is 12.6 Å². The number of carboxylic acid groups (broad SMARTS) is 1.